The van der Waals surface area contributed by atoms with E-state index < -0.39 is 5.41 Å². The zero-order chi connectivity index (χ0) is 26.5. The molecule has 39 heavy (non-hydrogen) atoms. The number of carbonyl (C=O) groups is 2. The molecule has 1 amide bonds. The summed E-state index contributed by atoms with van der Waals surface area (Å²) in [7, 11) is 0. The molecule has 2 atom stereocenters. The lowest BCUT2D eigenvalue weighted by Gasteiger charge is -2.37. The molecule has 1 aliphatic rings. The van der Waals surface area contributed by atoms with Gasteiger partial charge in [-0.25, -0.2) is 13.9 Å². The first kappa shape index (κ1) is 28.3. The number of rotatable bonds is 9. The molecule has 0 spiro atoms. The Hall–Kier alpha value is -3.71. The van der Waals surface area contributed by atoms with Gasteiger partial charge in [0.15, 0.2) is 6.54 Å². The van der Waals surface area contributed by atoms with Gasteiger partial charge in [0.05, 0.1) is 0 Å². The van der Waals surface area contributed by atoms with Gasteiger partial charge in [-0.1, -0.05) is 91.0 Å². The van der Waals surface area contributed by atoms with Gasteiger partial charge in [0.1, 0.15) is 30.5 Å². The molecule has 1 saturated carbocycles. The van der Waals surface area contributed by atoms with Crippen molar-refractivity contribution in [3.8, 4) is 0 Å². The van der Waals surface area contributed by atoms with Gasteiger partial charge >= 0.3 is 5.97 Å². The van der Waals surface area contributed by atoms with Crippen molar-refractivity contribution < 1.29 is 35.9 Å². The maximum Gasteiger partial charge on any atom is 0.348 e. The van der Waals surface area contributed by atoms with Crippen LogP contribution >= 0.6 is 0 Å². The fourth-order valence-electron chi connectivity index (χ4n) is 6.12. The van der Waals surface area contributed by atoms with E-state index >= 15 is 0 Å². The number of nitrogens with two attached hydrogens (primary N) is 1. The number of aromatic nitrogens is 2. The van der Waals surface area contributed by atoms with Gasteiger partial charge in [-0.2, -0.15) is 0 Å². The second-order valence-electron chi connectivity index (χ2n) is 10.1. The van der Waals surface area contributed by atoms with Crippen molar-refractivity contribution in [1.82, 2.24) is 4.57 Å². The van der Waals surface area contributed by atoms with E-state index in [1.165, 1.54) is 0 Å². The SMILES string of the molecule is Cc1n(CC(=O)OCc2ccccc2)cc[n+]1[C@H]1CC[C@@H](C(C(N)=O)(c2ccccc2)c2ccccc2)C1.[Br-]. The van der Waals surface area contributed by atoms with Gasteiger partial charge in [-0.15, -0.1) is 0 Å². The molecule has 0 aliphatic heterocycles. The molecule has 2 N–H and O–H groups in total. The number of esters is 1. The number of halogens is 1. The molecule has 0 unspecified atom stereocenters. The summed E-state index contributed by atoms with van der Waals surface area (Å²) in [6, 6.07) is 29.7. The molecule has 1 fully saturated rings. The van der Waals surface area contributed by atoms with E-state index in [4.69, 9.17) is 10.5 Å². The van der Waals surface area contributed by atoms with Crippen LogP contribution in [0.4, 0.5) is 0 Å². The second-order valence-corrected chi connectivity index (χ2v) is 10.1. The number of ether oxygens (including phenoxy) is 1. The van der Waals surface area contributed by atoms with Crippen LogP contribution in [0.25, 0.3) is 0 Å². The Morgan fingerprint density at radius 1 is 0.923 bits per heavy atom. The van der Waals surface area contributed by atoms with Crippen LogP contribution in [0.3, 0.4) is 0 Å². The smallest absolute Gasteiger partial charge is 0.348 e. The molecule has 3 aromatic carbocycles. The predicted octanol–water partition coefficient (Wildman–Crippen LogP) is 1.64. The van der Waals surface area contributed by atoms with Gasteiger partial charge < -0.3 is 27.5 Å². The van der Waals surface area contributed by atoms with Crippen molar-refractivity contribution in [2.24, 2.45) is 11.7 Å². The van der Waals surface area contributed by atoms with Gasteiger partial charge in [-0.05, 0) is 41.9 Å². The number of benzene rings is 3. The van der Waals surface area contributed by atoms with Crippen LogP contribution in [0.5, 0.6) is 0 Å². The minimum atomic E-state index is -0.907. The predicted molar refractivity (Wildman–Crippen MR) is 145 cm³/mol. The largest absolute Gasteiger partial charge is 1.00 e. The molecule has 1 aliphatic carbocycles. The Labute approximate surface area is 240 Å². The van der Waals surface area contributed by atoms with Crippen LogP contribution in [-0.4, -0.2) is 16.4 Å². The summed E-state index contributed by atoms with van der Waals surface area (Å²) in [5.74, 6) is 0.434. The zero-order valence-electron chi connectivity index (χ0n) is 22.1. The average Bonchev–Trinajstić information content (AvgIpc) is 3.57. The van der Waals surface area contributed by atoms with E-state index in [2.05, 4.69) is 4.57 Å². The summed E-state index contributed by atoms with van der Waals surface area (Å²) in [5.41, 5.74) is 8.19. The van der Waals surface area contributed by atoms with Crippen molar-refractivity contribution in [2.45, 2.75) is 50.8 Å². The topological polar surface area (TPSA) is 78.2 Å². The molecule has 1 aromatic heterocycles. The maximum absolute atomic E-state index is 13.4. The molecule has 202 valence electrons. The van der Waals surface area contributed by atoms with Crippen LogP contribution in [0.2, 0.25) is 0 Å². The number of carbonyl (C=O) groups excluding carboxylic acids is 2. The Bertz CT molecular complexity index is 1350. The summed E-state index contributed by atoms with van der Waals surface area (Å²) in [6.45, 7) is 2.44. The highest BCUT2D eigenvalue weighted by Crippen LogP contribution is 2.48. The quantitative estimate of drug-likeness (QED) is 0.239. The first-order chi connectivity index (χ1) is 18.5. The van der Waals surface area contributed by atoms with Crippen molar-refractivity contribution in [2.75, 3.05) is 0 Å². The normalized spacial score (nSPS) is 16.8. The van der Waals surface area contributed by atoms with Crippen LogP contribution < -0.4 is 27.3 Å². The van der Waals surface area contributed by atoms with E-state index in [0.29, 0.717) is 0 Å². The highest BCUT2D eigenvalue weighted by molar-refractivity contribution is 5.91. The first-order valence-electron chi connectivity index (χ1n) is 13.2. The highest BCUT2D eigenvalue weighted by Gasteiger charge is 2.51. The fraction of sp³-hybridized carbons (Fsp3) is 0.281. The molecular weight excluding hydrogens is 554 g/mol. The Balaban J connectivity index is 0.00000353. The Morgan fingerprint density at radius 2 is 1.49 bits per heavy atom. The molecule has 0 radical (unpaired) electrons. The minimum Gasteiger partial charge on any atom is -1.00 e. The third-order valence-corrected chi connectivity index (χ3v) is 8.00. The molecule has 5 rings (SSSR count). The molecule has 0 bridgehead atoms. The summed E-state index contributed by atoms with van der Waals surface area (Å²) in [6.07, 6.45) is 6.56. The monoisotopic (exact) mass is 587 g/mol. The second kappa shape index (κ2) is 12.4. The molecular formula is C32H34BrN3O3. The lowest BCUT2D eigenvalue weighted by Crippen LogP contribution is -3.00. The molecule has 0 saturated heterocycles. The number of hydrogen-bond acceptors (Lipinski definition) is 3. The molecule has 4 aromatic rings. The minimum absolute atomic E-state index is 0. The third-order valence-electron chi connectivity index (χ3n) is 8.00. The average molecular weight is 589 g/mol. The van der Waals surface area contributed by atoms with Crippen molar-refractivity contribution in [3.05, 3.63) is 126 Å². The van der Waals surface area contributed by atoms with Crippen molar-refractivity contribution in [1.29, 1.82) is 0 Å². The summed E-state index contributed by atoms with van der Waals surface area (Å²) in [5, 5.41) is 0. The standard InChI is InChI=1S/C32H33N3O3.BrH/c1-24-34(22-30(36)38-23-25-11-5-2-6-12-25)19-20-35(24)29-18-17-28(21-29)32(31(33)37,26-13-7-3-8-14-26)27-15-9-4-10-16-27;/h2-16,19-20,28-29H,17-18,21-23H2,1H3,(H-,33,37);1H/t28-,29+;/m1./s1. The lowest BCUT2D eigenvalue weighted by molar-refractivity contribution is -0.727. The van der Waals surface area contributed by atoms with Crippen molar-refractivity contribution >= 4 is 11.9 Å². The van der Waals surface area contributed by atoms with E-state index in [9.17, 15) is 9.59 Å². The summed E-state index contributed by atoms with van der Waals surface area (Å²) < 4.78 is 9.64. The van der Waals surface area contributed by atoms with Crippen LogP contribution in [-0.2, 0) is 32.9 Å². The van der Waals surface area contributed by atoms with Crippen molar-refractivity contribution in [3.63, 3.8) is 0 Å². The Morgan fingerprint density at radius 3 is 2.05 bits per heavy atom. The molecule has 7 heteroatoms. The number of hydrogen-bond donors (Lipinski definition) is 1. The number of imidazole rings is 1. The van der Waals surface area contributed by atoms with E-state index in [1.807, 2.05) is 115 Å². The maximum atomic E-state index is 13.4. The van der Waals surface area contributed by atoms with Gasteiger partial charge in [0.25, 0.3) is 5.82 Å². The van der Waals surface area contributed by atoms with E-state index in [0.717, 1.165) is 41.8 Å². The number of nitrogens with zero attached hydrogens (tertiary/aromatic N) is 2. The first-order valence-corrected chi connectivity index (χ1v) is 13.2. The fourth-order valence-corrected chi connectivity index (χ4v) is 6.12. The van der Waals surface area contributed by atoms with Gasteiger partial charge in [0.2, 0.25) is 5.91 Å². The number of primary amides is 1. The number of amides is 1. The van der Waals surface area contributed by atoms with Gasteiger partial charge in [0, 0.05) is 6.92 Å². The van der Waals surface area contributed by atoms with E-state index in [1.54, 1.807) is 0 Å². The lowest BCUT2D eigenvalue weighted by atomic mass is 9.64. The van der Waals surface area contributed by atoms with Crippen LogP contribution in [0.15, 0.2) is 103 Å². The third kappa shape index (κ3) is 5.69. The van der Waals surface area contributed by atoms with Crippen LogP contribution in [0, 0.1) is 12.8 Å². The van der Waals surface area contributed by atoms with Crippen LogP contribution in [0.1, 0.15) is 47.8 Å². The zero-order valence-corrected chi connectivity index (χ0v) is 23.7. The summed E-state index contributed by atoms with van der Waals surface area (Å²) >= 11 is 0. The summed E-state index contributed by atoms with van der Waals surface area (Å²) in [4.78, 5) is 25.9. The molecule has 6 nitrogen and oxygen atoms in total. The van der Waals surface area contributed by atoms with E-state index in [-0.39, 0.29) is 54.0 Å². The Kier molecular flexibility index (Phi) is 9.02. The highest BCUT2D eigenvalue weighted by atomic mass is 79.9. The van der Waals surface area contributed by atoms with Gasteiger partial charge in [-0.3, -0.25) is 4.79 Å². The molecule has 1 heterocycles.